The Hall–Kier alpha value is -1.27. The van der Waals surface area contributed by atoms with Gasteiger partial charge in [0.15, 0.2) is 0 Å². The fraction of sp³-hybridized carbons (Fsp3) is 0.867. The van der Waals surface area contributed by atoms with Crippen molar-refractivity contribution in [1.29, 1.82) is 0 Å². The van der Waals surface area contributed by atoms with Crippen LogP contribution in [0, 0.1) is 17.8 Å². The van der Waals surface area contributed by atoms with Crippen LogP contribution in [-0.2, 0) is 9.59 Å². The molecule has 2 unspecified atom stereocenters. The molecule has 2 aliphatic heterocycles. The number of carbonyl (C=O) groups is 2. The van der Waals surface area contributed by atoms with Crippen molar-refractivity contribution in [3.63, 3.8) is 0 Å². The number of likely N-dealkylation sites (tertiary alicyclic amines) is 2. The zero-order chi connectivity index (χ0) is 15.9. The smallest absolute Gasteiger partial charge is 0.342 e. The van der Waals surface area contributed by atoms with Crippen LogP contribution in [0.15, 0.2) is 0 Å². The summed E-state index contributed by atoms with van der Waals surface area (Å²) in [4.78, 5) is 26.4. The van der Waals surface area contributed by atoms with E-state index in [1.807, 2.05) is 4.90 Å². The van der Waals surface area contributed by atoms with Crippen LogP contribution in [0.4, 0.5) is 13.2 Å². The maximum Gasteiger partial charge on any atom is 0.471 e. The van der Waals surface area contributed by atoms with Crippen LogP contribution >= 0.6 is 0 Å². The van der Waals surface area contributed by atoms with E-state index in [1.54, 1.807) is 0 Å². The van der Waals surface area contributed by atoms with Gasteiger partial charge in [0.1, 0.15) is 0 Å². The topological polar surface area (TPSA) is 40.6 Å². The molecule has 0 aromatic rings. The number of piperidine rings is 1. The van der Waals surface area contributed by atoms with Crippen molar-refractivity contribution < 1.29 is 22.8 Å². The monoisotopic (exact) mass is 318 g/mol. The molecule has 7 heteroatoms. The van der Waals surface area contributed by atoms with E-state index >= 15 is 0 Å². The molecular formula is C15H21F3N2O2. The van der Waals surface area contributed by atoms with Gasteiger partial charge in [-0.1, -0.05) is 6.42 Å². The van der Waals surface area contributed by atoms with Gasteiger partial charge < -0.3 is 9.80 Å². The Morgan fingerprint density at radius 3 is 1.91 bits per heavy atom. The molecule has 0 aromatic heterocycles. The number of amides is 2. The molecule has 0 spiro atoms. The Labute approximate surface area is 127 Å². The molecule has 3 rings (SSSR count). The van der Waals surface area contributed by atoms with Gasteiger partial charge in [-0.25, -0.2) is 0 Å². The summed E-state index contributed by atoms with van der Waals surface area (Å²) in [6.07, 6.45) is -0.516. The molecule has 22 heavy (non-hydrogen) atoms. The van der Waals surface area contributed by atoms with Crippen LogP contribution in [-0.4, -0.2) is 54.0 Å². The largest absolute Gasteiger partial charge is 0.471 e. The molecule has 1 aliphatic carbocycles. The second kappa shape index (κ2) is 5.74. The third-order valence-electron chi connectivity index (χ3n) is 5.41. The molecule has 124 valence electrons. The van der Waals surface area contributed by atoms with E-state index in [4.69, 9.17) is 0 Å². The van der Waals surface area contributed by atoms with Crippen molar-refractivity contribution in [2.45, 2.75) is 38.3 Å². The van der Waals surface area contributed by atoms with Crippen LogP contribution in [0.5, 0.6) is 0 Å². The molecule has 0 radical (unpaired) electrons. The zero-order valence-corrected chi connectivity index (χ0v) is 12.4. The maximum atomic E-state index is 12.5. The molecule has 2 atom stereocenters. The van der Waals surface area contributed by atoms with Gasteiger partial charge in [0.05, 0.1) is 0 Å². The third kappa shape index (κ3) is 2.94. The molecule has 4 nitrogen and oxygen atoms in total. The standard InChI is InChI=1S/C15H21F3N2O2/c16-15(17,18)14(22)19-6-4-10(5-7-19)13(21)20-8-11-2-1-3-12(11)9-20/h10-12H,1-9H2. The fourth-order valence-electron chi connectivity index (χ4n) is 4.18. The van der Waals surface area contributed by atoms with Crippen molar-refractivity contribution in [2.24, 2.45) is 17.8 Å². The molecule has 0 aromatic carbocycles. The first-order valence-electron chi connectivity index (χ1n) is 8.01. The van der Waals surface area contributed by atoms with Gasteiger partial charge in [-0.05, 0) is 37.5 Å². The van der Waals surface area contributed by atoms with Crippen LogP contribution in [0.25, 0.3) is 0 Å². The number of hydrogen-bond acceptors (Lipinski definition) is 2. The van der Waals surface area contributed by atoms with E-state index < -0.39 is 12.1 Å². The lowest BCUT2D eigenvalue weighted by atomic mass is 9.95. The first-order valence-corrected chi connectivity index (χ1v) is 8.01. The van der Waals surface area contributed by atoms with Crippen molar-refractivity contribution in [2.75, 3.05) is 26.2 Å². The Morgan fingerprint density at radius 2 is 1.41 bits per heavy atom. The van der Waals surface area contributed by atoms with Gasteiger partial charge in [0.25, 0.3) is 0 Å². The molecule has 1 saturated carbocycles. The molecule has 2 saturated heterocycles. The highest BCUT2D eigenvalue weighted by molar-refractivity contribution is 5.83. The first kappa shape index (κ1) is 15.6. The summed E-state index contributed by atoms with van der Waals surface area (Å²) < 4.78 is 37.2. The zero-order valence-electron chi connectivity index (χ0n) is 12.4. The van der Waals surface area contributed by atoms with E-state index in [2.05, 4.69) is 0 Å². The molecular weight excluding hydrogens is 297 g/mol. The van der Waals surface area contributed by atoms with Gasteiger partial charge in [0, 0.05) is 32.1 Å². The van der Waals surface area contributed by atoms with E-state index in [-0.39, 0.29) is 24.9 Å². The summed E-state index contributed by atoms with van der Waals surface area (Å²) in [5, 5.41) is 0. The average molecular weight is 318 g/mol. The van der Waals surface area contributed by atoms with Gasteiger partial charge in [0.2, 0.25) is 5.91 Å². The molecule has 3 aliphatic rings. The van der Waals surface area contributed by atoms with E-state index in [9.17, 15) is 22.8 Å². The van der Waals surface area contributed by atoms with Gasteiger partial charge in [-0.2, -0.15) is 13.2 Å². The summed E-state index contributed by atoms with van der Waals surface area (Å²) in [5.74, 6) is -0.689. The lowest BCUT2D eigenvalue weighted by Crippen LogP contribution is -2.48. The Balaban J connectivity index is 1.51. The third-order valence-corrected chi connectivity index (χ3v) is 5.41. The number of halogens is 3. The second-order valence-electron chi connectivity index (χ2n) is 6.76. The maximum absolute atomic E-state index is 12.5. The van der Waals surface area contributed by atoms with Crippen LogP contribution in [0.1, 0.15) is 32.1 Å². The quantitative estimate of drug-likeness (QED) is 0.742. The molecule has 3 fully saturated rings. The highest BCUT2D eigenvalue weighted by Crippen LogP contribution is 2.38. The Morgan fingerprint density at radius 1 is 0.864 bits per heavy atom. The lowest BCUT2D eigenvalue weighted by Gasteiger charge is -2.33. The van der Waals surface area contributed by atoms with E-state index in [0.29, 0.717) is 24.7 Å². The van der Waals surface area contributed by atoms with Gasteiger partial charge in [-0.15, -0.1) is 0 Å². The summed E-state index contributed by atoms with van der Waals surface area (Å²) in [5.41, 5.74) is 0. The van der Waals surface area contributed by atoms with Crippen LogP contribution in [0.3, 0.4) is 0 Å². The Kier molecular flexibility index (Phi) is 4.07. The number of alkyl halides is 3. The second-order valence-corrected chi connectivity index (χ2v) is 6.76. The highest BCUT2D eigenvalue weighted by atomic mass is 19.4. The number of carbonyl (C=O) groups excluding carboxylic acids is 2. The first-order chi connectivity index (χ1) is 10.4. The fourth-order valence-corrected chi connectivity index (χ4v) is 4.18. The minimum Gasteiger partial charge on any atom is -0.342 e. The molecule has 2 amide bonds. The summed E-state index contributed by atoms with van der Waals surface area (Å²) in [6, 6.07) is 0. The summed E-state index contributed by atoms with van der Waals surface area (Å²) >= 11 is 0. The normalized spacial score (nSPS) is 29.8. The van der Waals surface area contributed by atoms with E-state index in [0.717, 1.165) is 18.0 Å². The van der Waals surface area contributed by atoms with E-state index in [1.165, 1.54) is 19.3 Å². The highest BCUT2D eigenvalue weighted by Gasteiger charge is 2.45. The lowest BCUT2D eigenvalue weighted by molar-refractivity contribution is -0.187. The number of hydrogen-bond donors (Lipinski definition) is 0. The number of nitrogens with zero attached hydrogens (tertiary/aromatic N) is 2. The molecule has 0 bridgehead atoms. The van der Waals surface area contributed by atoms with Gasteiger partial charge in [-0.3, -0.25) is 9.59 Å². The van der Waals surface area contributed by atoms with Crippen molar-refractivity contribution in [1.82, 2.24) is 9.80 Å². The van der Waals surface area contributed by atoms with Crippen molar-refractivity contribution in [3.8, 4) is 0 Å². The average Bonchev–Trinajstić information content (AvgIpc) is 3.06. The minimum absolute atomic E-state index is 0.0233. The SMILES string of the molecule is O=C(C1CCN(C(=O)C(F)(F)F)CC1)N1CC2CCCC2C1. The summed E-state index contributed by atoms with van der Waals surface area (Å²) in [7, 11) is 0. The molecule has 0 N–H and O–H groups in total. The number of fused-ring (bicyclic) bond motifs is 1. The van der Waals surface area contributed by atoms with Crippen LogP contribution in [0.2, 0.25) is 0 Å². The molecule has 2 heterocycles. The summed E-state index contributed by atoms with van der Waals surface area (Å²) in [6.45, 7) is 1.67. The van der Waals surface area contributed by atoms with Crippen LogP contribution < -0.4 is 0 Å². The number of rotatable bonds is 1. The van der Waals surface area contributed by atoms with Gasteiger partial charge >= 0.3 is 12.1 Å². The Bertz CT molecular complexity index is 446. The van der Waals surface area contributed by atoms with Crippen molar-refractivity contribution >= 4 is 11.8 Å². The predicted octanol–water partition coefficient (Wildman–Crippen LogP) is 2.05. The minimum atomic E-state index is -4.82. The predicted molar refractivity (Wildman–Crippen MR) is 72.8 cm³/mol. The van der Waals surface area contributed by atoms with Crippen molar-refractivity contribution in [3.05, 3.63) is 0 Å².